The third kappa shape index (κ3) is 3.66. The van der Waals surface area contributed by atoms with Gasteiger partial charge in [-0.25, -0.2) is 0 Å². The lowest BCUT2D eigenvalue weighted by Gasteiger charge is -2.06. The summed E-state index contributed by atoms with van der Waals surface area (Å²) >= 11 is 0. The summed E-state index contributed by atoms with van der Waals surface area (Å²) < 4.78 is 1.71. The van der Waals surface area contributed by atoms with Gasteiger partial charge < -0.3 is 11.1 Å². The van der Waals surface area contributed by atoms with E-state index in [1.807, 2.05) is 27.1 Å². The van der Waals surface area contributed by atoms with Crippen molar-refractivity contribution in [3.63, 3.8) is 0 Å². The molecule has 3 N–H and O–H groups in total. The van der Waals surface area contributed by atoms with Crippen molar-refractivity contribution in [2.24, 2.45) is 12.8 Å². The van der Waals surface area contributed by atoms with E-state index < -0.39 is 0 Å². The maximum Gasteiger partial charge on any atom is 0.224 e. The van der Waals surface area contributed by atoms with Crippen LogP contribution in [0, 0.1) is 0 Å². The number of hydrogen-bond acceptors (Lipinski definition) is 3. The van der Waals surface area contributed by atoms with Gasteiger partial charge in [0.05, 0.1) is 11.4 Å². The molecule has 1 aromatic heterocycles. The van der Waals surface area contributed by atoms with E-state index in [-0.39, 0.29) is 11.9 Å². The first kappa shape index (κ1) is 12.7. The van der Waals surface area contributed by atoms with E-state index in [2.05, 4.69) is 10.4 Å². The van der Waals surface area contributed by atoms with Gasteiger partial charge in [0, 0.05) is 25.7 Å². The van der Waals surface area contributed by atoms with Crippen LogP contribution in [0.15, 0.2) is 6.20 Å². The SMILES string of the molecule is CCc1nn(C)cc1NC(=O)CCC(C)N. The van der Waals surface area contributed by atoms with Crippen molar-refractivity contribution >= 4 is 11.6 Å². The Morgan fingerprint density at radius 1 is 1.69 bits per heavy atom. The summed E-state index contributed by atoms with van der Waals surface area (Å²) in [5.74, 6) is 0.000000000000000222. The Balaban J connectivity index is 2.55. The predicted octanol–water partition coefficient (Wildman–Crippen LogP) is 1.05. The van der Waals surface area contributed by atoms with Crippen molar-refractivity contribution in [3.8, 4) is 0 Å². The molecule has 1 amide bonds. The number of nitrogens with two attached hydrogens (primary N) is 1. The van der Waals surface area contributed by atoms with Gasteiger partial charge in [-0.05, 0) is 19.8 Å². The molecule has 1 rings (SSSR count). The molecule has 1 unspecified atom stereocenters. The van der Waals surface area contributed by atoms with Crippen LogP contribution in [-0.2, 0) is 18.3 Å². The van der Waals surface area contributed by atoms with E-state index in [0.717, 1.165) is 17.8 Å². The number of amides is 1. The summed E-state index contributed by atoms with van der Waals surface area (Å²) in [6.45, 7) is 3.91. The van der Waals surface area contributed by atoms with Gasteiger partial charge in [-0.2, -0.15) is 5.10 Å². The second kappa shape index (κ2) is 5.65. The monoisotopic (exact) mass is 224 g/mol. The summed E-state index contributed by atoms with van der Waals surface area (Å²) in [7, 11) is 1.84. The van der Waals surface area contributed by atoms with Crippen LogP contribution in [0.1, 0.15) is 32.4 Å². The minimum absolute atomic E-state index is 0.000000000000000222. The molecule has 0 aliphatic rings. The predicted molar refractivity (Wildman–Crippen MR) is 64.1 cm³/mol. The molecule has 1 atom stereocenters. The van der Waals surface area contributed by atoms with E-state index in [1.165, 1.54) is 0 Å². The van der Waals surface area contributed by atoms with Crippen molar-refractivity contribution in [1.82, 2.24) is 9.78 Å². The number of anilines is 1. The normalized spacial score (nSPS) is 12.5. The van der Waals surface area contributed by atoms with Crippen LogP contribution in [0.25, 0.3) is 0 Å². The standard InChI is InChI=1S/C11H20N4O/c1-4-9-10(7-15(3)14-9)13-11(16)6-5-8(2)12/h7-8H,4-6,12H2,1-3H3,(H,13,16). The lowest BCUT2D eigenvalue weighted by Crippen LogP contribution is -2.19. The van der Waals surface area contributed by atoms with Crippen molar-refractivity contribution in [3.05, 3.63) is 11.9 Å². The minimum atomic E-state index is 0.000000000000000222. The zero-order valence-corrected chi connectivity index (χ0v) is 10.2. The Hall–Kier alpha value is -1.36. The van der Waals surface area contributed by atoms with Crippen molar-refractivity contribution in [2.45, 2.75) is 39.2 Å². The fourth-order valence-corrected chi connectivity index (χ4v) is 1.47. The Morgan fingerprint density at radius 2 is 2.38 bits per heavy atom. The number of nitrogens with one attached hydrogen (secondary N) is 1. The number of rotatable bonds is 5. The summed E-state index contributed by atoms with van der Waals surface area (Å²) in [6, 6.07) is 0.0605. The highest BCUT2D eigenvalue weighted by Gasteiger charge is 2.09. The van der Waals surface area contributed by atoms with Crippen molar-refractivity contribution in [2.75, 3.05) is 5.32 Å². The number of aryl methyl sites for hydroxylation is 2. The molecule has 0 bridgehead atoms. The number of carbonyl (C=O) groups excluding carboxylic acids is 1. The third-order valence-corrected chi connectivity index (χ3v) is 2.34. The van der Waals surface area contributed by atoms with Gasteiger partial charge >= 0.3 is 0 Å². The lowest BCUT2D eigenvalue weighted by molar-refractivity contribution is -0.116. The third-order valence-electron chi connectivity index (χ3n) is 2.34. The van der Waals surface area contributed by atoms with Crippen LogP contribution in [0.4, 0.5) is 5.69 Å². The summed E-state index contributed by atoms with van der Waals surface area (Å²) in [5, 5.41) is 7.11. The van der Waals surface area contributed by atoms with Gasteiger partial charge in [-0.1, -0.05) is 6.92 Å². The van der Waals surface area contributed by atoms with Gasteiger partial charge in [-0.15, -0.1) is 0 Å². The zero-order chi connectivity index (χ0) is 12.1. The summed E-state index contributed by atoms with van der Waals surface area (Å²) in [4.78, 5) is 11.6. The van der Waals surface area contributed by atoms with Gasteiger partial charge in [0.25, 0.3) is 0 Å². The maximum absolute atomic E-state index is 11.6. The van der Waals surface area contributed by atoms with Gasteiger partial charge in [0.2, 0.25) is 5.91 Å². The second-order valence-corrected chi connectivity index (χ2v) is 4.08. The lowest BCUT2D eigenvalue weighted by atomic mass is 10.2. The van der Waals surface area contributed by atoms with Crippen LogP contribution < -0.4 is 11.1 Å². The smallest absolute Gasteiger partial charge is 0.224 e. The molecule has 0 aliphatic heterocycles. The molecule has 5 heteroatoms. The summed E-state index contributed by atoms with van der Waals surface area (Å²) in [6.07, 6.45) is 3.79. The largest absolute Gasteiger partial charge is 0.328 e. The summed E-state index contributed by atoms with van der Waals surface area (Å²) in [5.41, 5.74) is 7.32. The molecule has 16 heavy (non-hydrogen) atoms. The Labute approximate surface area is 96.0 Å². The van der Waals surface area contributed by atoms with Crippen LogP contribution >= 0.6 is 0 Å². The molecule has 1 aromatic rings. The first-order valence-electron chi connectivity index (χ1n) is 5.60. The number of carbonyl (C=O) groups is 1. The Bertz CT molecular complexity index is 357. The molecule has 1 heterocycles. The van der Waals surface area contributed by atoms with Crippen molar-refractivity contribution in [1.29, 1.82) is 0 Å². The fraction of sp³-hybridized carbons (Fsp3) is 0.636. The first-order valence-corrected chi connectivity index (χ1v) is 5.60. The minimum Gasteiger partial charge on any atom is -0.328 e. The van der Waals surface area contributed by atoms with Crippen LogP contribution in [-0.4, -0.2) is 21.7 Å². The zero-order valence-electron chi connectivity index (χ0n) is 10.2. The molecule has 0 saturated carbocycles. The number of nitrogens with zero attached hydrogens (tertiary/aromatic N) is 2. The molecule has 90 valence electrons. The Morgan fingerprint density at radius 3 is 2.94 bits per heavy atom. The molecular weight excluding hydrogens is 204 g/mol. The van der Waals surface area contributed by atoms with E-state index in [9.17, 15) is 4.79 Å². The molecule has 0 aromatic carbocycles. The average Bonchev–Trinajstić information content (AvgIpc) is 2.55. The van der Waals surface area contributed by atoms with E-state index in [4.69, 9.17) is 5.73 Å². The number of hydrogen-bond donors (Lipinski definition) is 2. The Kier molecular flexibility index (Phi) is 4.49. The van der Waals surface area contributed by atoms with Gasteiger partial charge in [-0.3, -0.25) is 9.48 Å². The highest BCUT2D eigenvalue weighted by atomic mass is 16.1. The van der Waals surface area contributed by atoms with E-state index in [1.54, 1.807) is 4.68 Å². The first-order chi connectivity index (χ1) is 7.52. The van der Waals surface area contributed by atoms with Crippen molar-refractivity contribution < 1.29 is 4.79 Å². The molecule has 0 radical (unpaired) electrons. The molecular formula is C11H20N4O. The van der Waals surface area contributed by atoms with Gasteiger partial charge in [0.15, 0.2) is 0 Å². The maximum atomic E-state index is 11.6. The van der Waals surface area contributed by atoms with Crippen LogP contribution in [0.5, 0.6) is 0 Å². The molecule has 0 fully saturated rings. The molecule has 0 spiro atoms. The highest BCUT2D eigenvalue weighted by Crippen LogP contribution is 2.14. The second-order valence-electron chi connectivity index (χ2n) is 4.08. The molecule has 0 aliphatic carbocycles. The average molecular weight is 224 g/mol. The van der Waals surface area contributed by atoms with E-state index in [0.29, 0.717) is 12.8 Å². The highest BCUT2D eigenvalue weighted by molar-refractivity contribution is 5.91. The molecule has 0 saturated heterocycles. The number of aromatic nitrogens is 2. The molecule has 5 nitrogen and oxygen atoms in total. The van der Waals surface area contributed by atoms with Crippen LogP contribution in [0.3, 0.4) is 0 Å². The fourth-order valence-electron chi connectivity index (χ4n) is 1.47. The quantitative estimate of drug-likeness (QED) is 0.785. The van der Waals surface area contributed by atoms with E-state index >= 15 is 0 Å². The topological polar surface area (TPSA) is 72.9 Å². The van der Waals surface area contributed by atoms with Crippen LogP contribution in [0.2, 0.25) is 0 Å². The van der Waals surface area contributed by atoms with Gasteiger partial charge in [0.1, 0.15) is 0 Å².